The standard InChI is InChI=1S/C20H25N5O3/c1-4-24-9-11-25(12-10-24)18(26)17-13-14(2)21-20(23-17)22-16-7-5-15(6-8-16)19(27)28-3/h5-8,13H,4,9-12H2,1-3H3,(H,21,22,23). The highest BCUT2D eigenvalue weighted by Crippen LogP contribution is 2.16. The van der Waals surface area contributed by atoms with Crippen LogP contribution in [0.5, 0.6) is 0 Å². The third-order valence-electron chi connectivity index (χ3n) is 4.74. The summed E-state index contributed by atoms with van der Waals surface area (Å²) >= 11 is 0. The highest BCUT2D eigenvalue weighted by Gasteiger charge is 2.23. The molecule has 148 valence electrons. The fourth-order valence-corrected chi connectivity index (χ4v) is 3.10. The molecule has 28 heavy (non-hydrogen) atoms. The monoisotopic (exact) mass is 383 g/mol. The number of ether oxygens (including phenoxy) is 1. The molecule has 1 aromatic carbocycles. The van der Waals surface area contributed by atoms with E-state index in [9.17, 15) is 9.59 Å². The number of anilines is 2. The van der Waals surface area contributed by atoms with Crippen LogP contribution in [0.2, 0.25) is 0 Å². The quantitative estimate of drug-likeness (QED) is 0.791. The largest absolute Gasteiger partial charge is 0.465 e. The number of hydrogen-bond donors (Lipinski definition) is 1. The SMILES string of the molecule is CCN1CCN(C(=O)c2cc(C)nc(Nc3ccc(C(=O)OC)cc3)n2)CC1. The maximum Gasteiger partial charge on any atom is 0.337 e. The first-order valence-corrected chi connectivity index (χ1v) is 9.33. The molecule has 8 heteroatoms. The fourth-order valence-electron chi connectivity index (χ4n) is 3.10. The molecule has 2 heterocycles. The van der Waals surface area contributed by atoms with Crippen molar-refractivity contribution in [2.24, 2.45) is 0 Å². The molecule has 1 saturated heterocycles. The highest BCUT2D eigenvalue weighted by atomic mass is 16.5. The van der Waals surface area contributed by atoms with Gasteiger partial charge >= 0.3 is 5.97 Å². The molecule has 1 N–H and O–H groups in total. The number of methoxy groups -OCH3 is 1. The van der Waals surface area contributed by atoms with Crippen molar-refractivity contribution < 1.29 is 14.3 Å². The first kappa shape index (κ1) is 19.8. The third-order valence-corrected chi connectivity index (χ3v) is 4.74. The second-order valence-electron chi connectivity index (χ2n) is 6.64. The van der Waals surface area contributed by atoms with Crippen molar-refractivity contribution in [2.45, 2.75) is 13.8 Å². The second-order valence-corrected chi connectivity index (χ2v) is 6.64. The van der Waals surface area contributed by atoms with Crippen LogP contribution in [0.15, 0.2) is 30.3 Å². The summed E-state index contributed by atoms with van der Waals surface area (Å²) in [5.74, 6) is -0.124. The third kappa shape index (κ3) is 4.64. The minimum Gasteiger partial charge on any atom is -0.465 e. The van der Waals surface area contributed by atoms with E-state index in [1.54, 1.807) is 30.3 Å². The minimum atomic E-state index is -0.394. The van der Waals surface area contributed by atoms with Crippen LogP contribution in [0.25, 0.3) is 0 Å². The normalized spacial score (nSPS) is 14.6. The topological polar surface area (TPSA) is 87.7 Å². The van der Waals surface area contributed by atoms with Crippen LogP contribution < -0.4 is 5.32 Å². The Balaban J connectivity index is 1.72. The Labute approximate surface area is 164 Å². The van der Waals surface area contributed by atoms with Crippen LogP contribution in [0.4, 0.5) is 11.6 Å². The maximum absolute atomic E-state index is 12.8. The molecule has 0 unspecified atom stereocenters. The number of rotatable bonds is 5. The van der Waals surface area contributed by atoms with Gasteiger partial charge in [-0.25, -0.2) is 14.8 Å². The summed E-state index contributed by atoms with van der Waals surface area (Å²) in [6.07, 6.45) is 0. The van der Waals surface area contributed by atoms with E-state index in [-0.39, 0.29) is 5.91 Å². The van der Waals surface area contributed by atoms with E-state index >= 15 is 0 Å². The summed E-state index contributed by atoms with van der Waals surface area (Å²) in [6, 6.07) is 8.50. The number of amides is 1. The van der Waals surface area contributed by atoms with Crippen molar-refractivity contribution in [1.82, 2.24) is 19.8 Å². The van der Waals surface area contributed by atoms with Gasteiger partial charge in [0.15, 0.2) is 0 Å². The van der Waals surface area contributed by atoms with E-state index < -0.39 is 5.97 Å². The molecule has 3 rings (SSSR count). The fraction of sp³-hybridized carbons (Fsp3) is 0.400. The van der Waals surface area contributed by atoms with E-state index in [0.29, 0.717) is 41.7 Å². The molecular weight excluding hydrogens is 358 g/mol. The van der Waals surface area contributed by atoms with Gasteiger partial charge in [-0.15, -0.1) is 0 Å². The summed E-state index contributed by atoms with van der Waals surface area (Å²) in [4.78, 5) is 37.3. The lowest BCUT2D eigenvalue weighted by Gasteiger charge is -2.33. The summed E-state index contributed by atoms with van der Waals surface area (Å²) < 4.78 is 4.69. The zero-order chi connectivity index (χ0) is 20.1. The highest BCUT2D eigenvalue weighted by molar-refractivity contribution is 5.93. The molecule has 2 aromatic rings. The van der Waals surface area contributed by atoms with Crippen molar-refractivity contribution in [3.05, 3.63) is 47.3 Å². The van der Waals surface area contributed by atoms with E-state index in [1.807, 2.05) is 11.8 Å². The molecule has 0 saturated carbocycles. The molecule has 1 aromatic heterocycles. The summed E-state index contributed by atoms with van der Waals surface area (Å²) in [5, 5.41) is 3.09. The number of nitrogens with zero attached hydrogens (tertiary/aromatic N) is 4. The van der Waals surface area contributed by atoms with Crippen molar-refractivity contribution in [3.63, 3.8) is 0 Å². The van der Waals surface area contributed by atoms with Crippen LogP contribution in [-0.4, -0.2) is 71.5 Å². The Morgan fingerprint density at radius 3 is 2.39 bits per heavy atom. The molecule has 1 aliphatic rings. The lowest BCUT2D eigenvalue weighted by atomic mass is 10.2. The summed E-state index contributed by atoms with van der Waals surface area (Å²) in [7, 11) is 1.34. The molecular formula is C20H25N5O3. The Hall–Kier alpha value is -3.00. The Bertz CT molecular complexity index is 845. The van der Waals surface area contributed by atoms with Crippen LogP contribution >= 0.6 is 0 Å². The number of carbonyl (C=O) groups excluding carboxylic acids is 2. The van der Waals surface area contributed by atoms with Gasteiger partial charge in [-0.2, -0.15) is 0 Å². The first-order valence-electron chi connectivity index (χ1n) is 9.33. The molecule has 1 fully saturated rings. The predicted octanol–water partition coefficient (Wildman–Crippen LogP) is 2.09. The number of piperazine rings is 1. The van der Waals surface area contributed by atoms with Gasteiger partial charge in [-0.05, 0) is 43.8 Å². The molecule has 1 aliphatic heterocycles. The predicted molar refractivity (Wildman–Crippen MR) is 106 cm³/mol. The van der Waals surface area contributed by atoms with E-state index in [2.05, 4.69) is 27.1 Å². The van der Waals surface area contributed by atoms with Gasteiger partial charge in [-0.3, -0.25) is 4.79 Å². The van der Waals surface area contributed by atoms with Crippen LogP contribution in [-0.2, 0) is 4.74 Å². The minimum absolute atomic E-state index is 0.0784. The van der Waals surface area contributed by atoms with E-state index in [4.69, 9.17) is 4.74 Å². The average Bonchev–Trinajstić information content (AvgIpc) is 2.73. The van der Waals surface area contributed by atoms with Crippen LogP contribution in [0.3, 0.4) is 0 Å². The van der Waals surface area contributed by atoms with E-state index in [0.717, 1.165) is 19.6 Å². The number of nitrogens with one attached hydrogen (secondary N) is 1. The Morgan fingerprint density at radius 2 is 1.79 bits per heavy atom. The number of likely N-dealkylation sites (N-methyl/N-ethyl adjacent to an activating group) is 1. The van der Waals surface area contributed by atoms with Crippen LogP contribution in [0, 0.1) is 6.92 Å². The van der Waals surface area contributed by atoms with Crippen molar-refractivity contribution in [3.8, 4) is 0 Å². The van der Waals surface area contributed by atoms with Crippen molar-refractivity contribution >= 4 is 23.5 Å². The van der Waals surface area contributed by atoms with Crippen LogP contribution in [0.1, 0.15) is 33.5 Å². The maximum atomic E-state index is 12.8. The van der Waals surface area contributed by atoms with Gasteiger partial charge in [-0.1, -0.05) is 6.92 Å². The van der Waals surface area contributed by atoms with Gasteiger partial charge in [0, 0.05) is 37.6 Å². The number of hydrogen-bond acceptors (Lipinski definition) is 7. The van der Waals surface area contributed by atoms with Gasteiger partial charge in [0.1, 0.15) is 5.69 Å². The lowest BCUT2D eigenvalue weighted by Crippen LogP contribution is -2.48. The van der Waals surface area contributed by atoms with Crippen molar-refractivity contribution in [1.29, 1.82) is 0 Å². The van der Waals surface area contributed by atoms with Crippen molar-refractivity contribution in [2.75, 3.05) is 45.2 Å². The zero-order valence-corrected chi connectivity index (χ0v) is 16.4. The smallest absolute Gasteiger partial charge is 0.337 e. The number of aromatic nitrogens is 2. The Kier molecular flexibility index (Phi) is 6.20. The average molecular weight is 383 g/mol. The number of aryl methyl sites for hydroxylation is 1. The lowest BCUT2D eigenvalue weighted by molar-refractivity contribution is 0.0599. The molecule has 0 bridgehead atoms. The zero-order valence-electron chi connectivity index (χ0n) is 16.4. The molecule has 0 aliphatic carbocycles. The van der Waals surface area contributed by atoms with E-state index in [1.165, 1.54) is 7.11 Å². The second kappa shape index (κ2) is 8.79. The molecule has 0 spiro atoms. The number of esters is 1. The number of carbonyl (C=O) groups is 2. The first-order chi connectivity index (χ1) is 13.5. The molecule has 1 amide bonds. The molecule has 8 nitrogen and oxygen atoms in total. The number of benzene rings is 1. The Morgan fingerprint density at radius 1 is 1.11 bits per heavy atom. The summed E-state index contributed by atoms with van der Waals surface area (Å²) in [5.41, 5.74) is 2.26. The van der Waals surface area contributed by atoms with Gasteiger partial charge in [0.05, 0.1) is 12.7 Å². The summed E-state index contributed by atoms with van der Waals surface area (Å²) in [6.45, 7) is 8.12. The van der Waals surface area contributed by atoms with Gasteiger partial charge in [0.25, 0.3) is 5.91 Å². The molecule has 0 radical (unpaired) electrons. The van der Waals surface area contributed by atoms with Gasteiger partial charge in [0.2, 0.25) is 5.95 Å². The van der Waals surface area contributed by atoms with Gasteiger partial charge < -0.3 is 19.9 Å². The molecule has 0 atom stereocenters.